The van der Waals surface area contributed by atoms with Crippen molar-refractivity contribution >= 4 is 28.4 Å². The van der Waals surface area contributed by atoms with Crippen LogP contribution in [0.4, 0.5) is 0 Å². The van der Waals surface area contributed by atoms with E-state index >= 15 is 0 Å². The Morgan fingerprint density at radius 2 is 0.683 bits per heavy atom. The molecule has 2 heteroatoms. The predicted molar refractivity (Wildman–Crippen MR) is 260 cm³/mol. The van der Waals surface area contributed by atoms with Gasteiger partial charge in [0, 0.05) is 0 Å². The zero-order valence-corrected chi connectivity index (χ0v) is 40.1. The zero-order valence-electron chi connectivity index (χ0n) is 36.7. The molecule has 0 aromatic heterocycles. The molecule has 0 spiro atoms. The van der Waals surface area contributed by atoms with Gasteiger partial charge in [-0.3, -0.25) is 0 Å². The molecule has 8 aromatic carbocycles. The number of hydrogen-bond donors (Lipinski definition) is 0. The molecule has 0 aliphatic heterocycles. The third-order valence-corrected chi connectivity index (χ3v) is 12.8. The van der Waals surface area contributed by atoms with Gasteiger partial charge in [-0.1, -0.05) is 215 Å². The number of hydrogen-bond acceptors (Lipinski definition) is 0. The summed E-state index contributed by atoms with van der Waals surface area (Å²) in [6, 6.07) is 54.9. The van der Waals surface area contributed by atoms with Gasteiger partial charge in [0.15, 0.2) is 0 Å². The summed E-state index contributed by atoms with van der Waals surface area (Å²) in [7, 11) is 0. The van der Waals surface area contributed by atoms with Gasteiger partial charge in [-0.05, 0) is 63.5 Å². The molecule has 0 saturated heterocycles. The van der Waals surface area contributed by atoms with E-state index < -0.39 is 0 Å². The summed E-state index contributed by atoms with van der Waals surface area (Å²) in [5, 5.41) is 5.60. The van der Waals surface area contributed by atoms with Gasteiger partial charge in [-0.2, -0.15) is 12.1 Å². The second-order valence-corrected chi connectivity index (χ2v) is 17.2. The van der Waals surface area contributed by atoms with Crippen LogP contribution >= 0.6 is 0 Å². The molecule has 0 amide bonds. The Kier molecular flexibility index (Phi) is 15.4. The van der Waals surface area contributed by atoms with Gasteiger partial charge < -0.3 is 14.9 Å². The van der Waals surface area contributed by atoms with Crippen LogP contribution in [0.15, 0.2) is 146 Å². The molecule has 0 unspecified atom stereocenters. The molecule has 0 bridgehead atoms. The summed E-state index contributed by atoms with van der Waals surface area (Å²) in [6.07, 6.45) is 10.9. The molecule has 60 heavy (non-hydrogen) atoms. The fourth-order valence-electron chi connectivity index (χ4n) is 8.96. The second kappa shape index (κ2) is 20.5. The quantitative estimate of drug-likeness (QED) is 0.105. The van der Waals surface area contributed by atoms with Crippen LogP contribution in [-0.4, -0.2) is 6.88 Å². The Bertz CT molecular complexity index is 2260. The van der Waals surface area contributed by atoms with Crippen LogP contribution < -0.4 is 0 Å². The van der Waals surface area contributed by atoms with E-state index in [1.54, 1.807) is 0 Å². The minimum atomic E-state index is 0. The van der Waals surface area contributed by atoms with Crippen molar-refractivity contribution in [1.29, 1.82) is 0 Å². The molecule has 2 aliphatic carbocycles. The van der Waals surface area contributed by atoms with Gasteiger partial charge in [0.1, 0.15) is 0 Å². The maximum absolute atomic E-state index is 3.06. The van der Waals surface area contributed by atoms with Crippen molar-refractivity contribution < 1.29 is 23.3 Å². The predicted octanol–water partition coefficient (Wildman–Crippen LogP) is 16.2. The first-order valence-electron chi connectivity index (χ1n) is 21.3. The Morgan fingerprint density at radius 3 is 0.950 bits per heavy atom. The first-order chi connectivity index (χ1) is 28.3. The topological polar surface area (TPSA) is 0 Å². The van der Waals surface area contributed by atoms with Crippen LogP contribution in [0.5, 0.6) is 0 Å². The average Bonchev–Trinajstić information content (AvgIpc) is 3.85. The third-order valence-electron chi connectivity index (χ3n) is 12.8. The van der Waals surface area contributed by atoms with Crippen molar-refractivity contribution in [3.63, 3.8) is 0 Å². The van der Waals surface area contributed by atoms with E-state index in [0.717, 1.165) is 11.8 Å². The monoisotopic (exact) mass is 874 g/mol. The van der Waals surface area contributed by atoms with E-state index in [4.69, 9.17) is 0 Å². The molecule has 0 nitrogen and oxygen atoms in total. The van der Waals surface area contributed by atoms with Crippen molar-refractivity contribution in [2.45, 2.75) is 79.1 Å². The van der Waals surface area contributed by atoms with Crippen molar-refractivity contribution in [2.24, 2.45) is 11.8 Å². The van der Waals surface area contributed by atoms with E-state index in [1.165, 1.54) is 174 Å². The minimum absolute atomic E-state index is 0. The molecular weight excluding hydrogens is 816 g/mol. The van der Waals surface area contributed by atoms with E-state index in [0.29, 0.717) is 0 Å². The molecular formula is C58H60SiZr-4. The molecule has 10 rings (SSSR count). The maximum atomic E-state index is 3.06. The van der Waals surface area contributed by atoms with Crippen LogP contribution in [0.25, 0.3) is 66.1 Å². The molecule has 8 aromatic rings. The van der Waals surface area contributed by atoms with Gasteiger partial charge in [0.2, 0.25) is 0 Å². The van der Waals surface area contributed by atoms with E-state index in [2.05, 4.69) is 180 Å². The second-order valence-electron chi connectivity index (χ2n) is 17.2. The SMILES string of the molecule is Cc1ccc(-c2ccc(-c3ccc(C)cc3)c3[cH-]c(CC4CCC4)cc23)cc1.Cc1ccc(-c2ccc(-c3ccc(C)cc3)c3[cH-]c(CC4CCC4)cc23)cc1.[CH3-].[CH3-].[Si]=[Zr]. The fraction of sp³-hybridized carbons (Fsp3) is 0.241. The third kappa shape index (κ3) is 10.0. The summed E-state index contributed by atoms with van der Waals surface area (Å²) < 4.78 is 0. The fourth-order valence-corrected chi connectivity index (χ4v) is 8.96. The van der Waals surface area contributed by atoms with Gasteiger partial charge in [-0.25, -0.2) is 0 Å². The first kappa shape index (κ1) is 45.2. The van der Waals surface area contributed by atoms with Crippen molar-refractivity contribution in [1.82, 2.24) is 0 Å². The summed E-state index contributed by atoms with van der Waals surface area (Å²) in [4.78, 5) is 0. The van der Waals surface area contributed by atoms with E-state index in [-0.39, 0.29) is 14.9 Å². The average molecular weight is 876 g/mol. The number of aryl methyl sites for hydroxylation is 4. The Balaban J connectivity index is 0.000000187. The normalized spacial score (nSPS) is 13.4. The summed E-state index contributed by atoms with van der Waals surface area (Å²) >= 11 is 1.36. The Hall–Kier alpha value is -4.36. The molecule has 2 saturated carbocycles. The first-order valence-corrected chi connectivity index (χ1v) is 25.5. The Morgan fingerprint density at radius 1 is 0.417 bits per heavy atom. The van der Waals surface area contributed by atoms with Gasteiger partial charge >= 0.3 is 30.2 Å². The summed E-state index contributed by atoms with van der Waals surface area (Å²) in [6.45, 7) is 11.7. The molecule has 304 valence electrons. The van der Waals surface area contributed by atoms with Crippen molar-refractivity contribution in [3.05, 3.63) is 194 Å². The van der Waals surface area contributed by atoms with E-state index in [9.17, 15) is 0 Å². The van der Waals surface area contributed by atoms with Gasteiger partial charge in [0.25, 0.3) is 0 Å². The molecule has 2 radical (unpaired) electrons. The summed E-state index contributed by atoms with van der Waals surface area (Å²) in [5.41, 5.74) is 18.9. The number of rotatable bonds is 8. The number of benzene rings is 6. The van der Waals surface area contributed by atoms with E-state index in [1.807, 2.05) is 0 Å². The van der Waals surface area contributed by atoms with Gasteiger partial charge in [0.05, 0.1) is 0 Å². The summed E-state index contributed by atoms with van der Waals surface area (Å²) in [5.74, 6) is 1.78. The standard InChI is InChI=1S/2C28H27.2CH3.Si.Zr/c2*1-19-6-10-23(11-7-19)25-14-15-26(24-12-8-20(2)9-13-24)28-18-22(17-27(25)28)16-21-4-3-5-21;;;;/h2*6-15,17-18,21H,3-5,16H2,1-2H3;2*1H3;;/q4*-1;;. The molecule has 2 aliphatic rings. The van der Waals surface area contributed by atoms with Crippen molar-refractivity contribution in [2.75, 3.05) is 0 Å². The van der Waals surface area contributed by atoms with Crippen molar-refractivity contribution in [3.8, 4) is 44.5 Å². The molecule has 2 fully saturated rings. The van der Waals surface area contributed by atoms with Crippen LogP contribution in [0.3, 0.4) is 0 Å². The molecule has 0 heterocycles. The van der Waals surface area contributed by atoms with Gasteiger partial charge in [-0.15, -0.1) is 44.8 Å². The van der Waals surface area contributed by atoms with Crippen LogP contribution in [0, 0.1) is 54.4 Å². The molecule has 0 N–H and O–H groups in total. The van der Waals surface area contributed by atoms with Crippen LogP contribution in [-0.2, 0) is 36.2 Å². The Labute approximate surface area is 378 Å². The zero-order chi connectivity index (χ0) is 40.2. The van der Waals surface area contributed by atoms with Crippen LogP contribution in [0.1, 0.15) is 71.9 Å². The number of fused-ring (bicyclic) bond motifs is 2. The molecule has 0 atom stereocenters. The van der Waals surface area contributed by atoms with Crippen LogP contribution in [0.2, 0.25) is 0 Å².